The average Bonchev–Trinajstić information content (AvgIpc) is 2.48. The number of fused-ring (bicyclic) bond motifs is 1. The van der Waals surface area contributed by atoms with E-state index in [1.54, 1.807) is 0 Å². The van der Waals surface area contributed by atoms with Crippen molar-refractivity contribution in [2.45, 2.75) is 45.6 Å². The van der Waals surface area contributed by atoms with E-state index in [2.05, 4.69) is 48.5 Å². The third-order valence-corrected chi connectivity index (χ3v) is 3.96. The number of hydrogen-bond acceptors (Lipinski definition) is 3. The first-order valence-corrected chi connectivity index (χ1v) is 7.61. The molecule has 108 valence electrons. The lowest BCUT2D eigenvalue weighted by atomic mass is 9.86. The van der Waals surface area contributed by atoms with Crippen molar-refractivity contribution in [3.63, 3.8) is 0 Å². The van der Waals surface area contributed by atoms with Crippen molar-refractivity contribution >= 4 is 10.9 Å². The molecule has 0 aliphatic rings. The summed E-state index contributed by atoms with van der Waals surface area (Å²) in [5, 5.41) is 1.18. The molecule has 0 aliphatic carbocycles. The fourth-order valence-electron chi connectivity index (χ4n) is 3.00. The van der Waals surface area contributed by atoms with Gasteiger partial charge in [-0.15, -0.1) is 0 Å². The minimum atomic E-state index is 0.210. The Morgan fingerprint density at radius 1 is 1.15 bits per heavy atom. The standard InChI is InChI=1S/C17H25N3/c1-3-6-14(7-4-2)17(20-18)15-10-9-13-8-5-11-19-16(13)12-15/h5,8-12,14,17,20H,3-4,6-7,18H2,1-2H3. The van der Waals surface area contributed by atoms with E-state index in [0.29, 0.717) is 5.92 Å². The molecule has 2 rings (SSSR count). The van der Waals surface area contributed by atoms with Crippen LogP contribution in [-0.4, -0.2) is 4.98 Å². The van der Waals surface area contributed by atoms with Crippen molar-refractivity contribution in [2.24, 2.45) is 11.8 Å². The maximum absolute atomic E-state index is 5.84. The monoisotopic (exact) mass is 271 g/mol. The summed E-state index contributed by atoms with van der Waals surface area (Å²) >= 11 is 0. The smallest absolute Gasteiger partial charge is 0.0705 e. The molecule has 3 heteroatoms. The van der Waals surface area contributed by atoms with Crippen LogP contribution in [0.3, 0.4) is 0 Å². The van der Waals surface area contributed by atoms with Crippen LogP contribution in [0.25, 0.3) is 10.9 Å². The second kappa shape index (κ2) is 7.36. The summed E-state index contributed by atoms with van der Waals surface area (Å²) in [7, 11) is 0. The van der Waals surface area contributed by atoms with Crippen molar-refractivity contribution in [2.75, 3.05) is 0 Å². The summed E-state index contributed by atoms with van der Waals surface area (Å²) in [4.78, 5) is 4.44. The Hall–Kier alpha value is -1.45. The van der Waals surface area contributed by atoms with E-state index in [1.165, 1.54) is 36.6 Å². The maximum atomic E-state index is 5.84. The number of nitrogens with one attached hydrogen (secondary N) is 1. The first-order valence-electron chi connectivity index (χ1n) is 7.61. The molecular formula is C17H25N3. The fourth-order valence-corrected chi connectivity index (χ4v) is 3.00. The van der Waals surface area contributed by atoms with Crippen LogP contribution in [0.5, 0.6) is 0 Å². The topological polar surface area (TPSA) is 50.9 Å². The largest absolute Gasteiger partial charge is 0.271 e. The average molecular weight is 271 g/mol. The van der Waals surface area contributed by atoms with E-state index in [-0.39, 0.29) is 6.04 Å². The molecule has 1 heterocycles. The molecule has 0 radical (unpaired) electrons. The predicted molar refractivity (Wildman–Crippen MR) is 85.1 cm³/mol. The van der Waals surface area contributed by atoms with Gasteiger partial charge in [0.2, 0.25) is 0 Å². The number of nitrogens with two attached hydrogens (primary N) is 1. The van der Waals surface area contributed by atoms with E-state index in [1.807, 2.05) is 12.3 Å². The molecule has 1 aromatic heterocycles. The van der Waals surface area contributed by atoms with Gasteiger partial charge in [-0.3, -0.25) is 16.3 Å². The summed E-state index contributed by atoms with van der Waals surface area (Å²) in [6.45, 7) is 4.47. The number of aromatic nitrogens is 1. The molecule has 1 aromatic carbocycles. The molecule has 1 unspecified atom stereocenters. The van der Waals surface area contributed by atoms with E-state index in [9.17, 15) is 0 Å². The van der Waals surface area contributed by atoms with Crippen LogP contribution in [0.4, 0.5) is 0 Å². The number of pyridine rings is 1. The number of benzene rings is 1. The quantitative estimate of drug-likeness (QED) is 0.592. The van der Waals surface area contributed by atoms with Crippen LogP contribution < -0.4 is 11.3 Å². The lowest BCUT2D eigenvalue weighted by molar-refractivity contribution is 0.319. The van der Waals surface area contributed by atoms with Crippen LogP contribution in [0.1, 0.15) is 51.1 Å². The van der Waals surface area contributed by atoms with Gasteiger partial charge in [-0.1, -0.05) is 44.9 Å². The number of nitrogens with zero attached hydrogens (tertiary/aromatic N) is 1. The van der Waals surface area contributed by atoms with E-state index in [4.69, 9.17) is 5.84 Å². The first-order chi connectivity index (χ1) is 9.80. The van der Waals surface area contributed by atoms with Gasteiger partial charge < -0.3 is 0 Å². The second-order valence-electron chi connectivity index (χ2n) is 5.44. The molecule has 0 saturated heterocycles. The molecule has 3 N–H and O–H groups in total. The molecule has 1 atom stereocenters. The number of rotatable bonds is 7. The van der Waals surface area contributed by atoms with Gasteiger partial charge in [0.25, 0.3) is 0 Å². The lowest BCUT2D eigenvalue weighted by Gasteiger charge is -2.26. The van der Waals surface area contributed by atoms with Gasteiger partial charge in [0.15, 0.2) is 0 Å². The highest BCUT2D eigenvalue weighted by Crippen LogP contribution is 2.30. The molecule has 0 bridgehead atoms. The highest BCUT2D eigenvalue weighted by Gasteiger charge is 2.21. The third kappa shape index (κ3) is 3.35. The Morgan fingerprint density at radius 2 is 1.90 bits per heavy atom. The molecular weight excluding hydrogens is 246 g/mol. The lowest BCUT2D eigenvalue weighted by Crippen LogP contribution is -2.33. The summed E-state index contributed by atoms with van der Waals surface area (Å²) in [5.41, 5.74) is 5.31. The van der Waals surface area contributed by atoms with Crippen molar-refractivity contribution in [1.82, 2.24) is 10.4 Å². The Bertz CT molecular complexity index is 533. The van der Waals surface area contributed by atoms with Crippen LogP contribution in [0, 0.1) is 5.92 Å². The minimum absolute atomic E-state index is 0.210. The van der Waals surface area contributed by atoms with Crippen LogP contribution >= 0.6 is 0 Å². The molecule has 20 heavy (non-hydrogen) atoms. The van der Waals surface area contributed by atoms with Crippen LogP contribution in [0.2, 0.25) is 0 Å². The molecule has 2 aromatic rings. The predicted octanol–water partition coefficient (Wildman–Crippen LogP) is 3.96. The van der Waals surface area contributed by atoms with Gasteiger partial charge in [-0.2, -0.15) is 0 Å². The van der Waals surface area contributed by atoms with Crippen molar-refractivity contribution in [3.8, 4) is 0 Å². The van der Waals surface area contributed by atoms with Gasteiger partial charge in [-0.25, -0.2) is 0 Å². The summed E-state index contributed by atoms with van der Waals surface area (Å²) in [6.07, 6.45) is 6.61. The number of hydrogen-bond donors (Lipinski definition) is 2. The highest BCUT2D eigenvalue weighted by atomic mass is 15.2. The Balaban J connectivity index is 2.31. The Labute approximate surface area is 121 Å². The van der Waals surface area contributed by atoms with Crippen molar-refractivity contribution in [1.29, 1.82) is 0 Å². The molecule has 0 aliphatic heterocycles. The van der Waals surface area contributed by atoms with Crippen molar-refractivity contribution in [3.05, 3.63) is 42.1 Å². The zero-order valence-electron chi connectivity index (χ0n) is 12.5. The molecule has 3 nitrogen and oxygen atoms in total. The Morgan fingerprint density at radius 3 is 2.55 bits per heavy atom. The van der Waals surface area contributed by atoms with Gasteiger partial charge in [0.1, 0.15) is 0 Å². The van der Waals surface area contributed by atoms with E-state index < -0.39 is 0 Å². The van der Waals surface area contributed by atoms with Crippen LogP contribution in [-0.2, 0) is 0 Å². The maximum Gasteiger partial charge on any atom is 0.0705 e. The number of hydrazine groups is 1. The highest BCUT2D eigenvalue weighted by molar-refractivity contribution is 5.78. The van der Waals surface area contributed by atoms with Gasteiger partial charge in [0.05, 0.1) is 5.52 Å². The molecule has 0 fully saturated rings. The van der Waals surface area contributed by atoms with Gasteiger partial charge in [-0.05, 0) is 36.5 Å². The van der Waals surface area contributed by atoms with Gasteiger partial charge in [0, 0.05) is 17.6 Å². The normalized spacial score (nSPS) is 13.0. The molecule has 0 amide bonds. The van der Waals surface area contributed by atoms with E-state index in [0.717, 1.165) is 5.52 Å². The Kier molecular flexibility index (Phi) is 5.50. The fraction of sp³-hybridized carbons (Fsp3) is 0.471. The van der Waals surface area contributed by atoms with Crippen molar-refractivity contribution < 1.29 is 0 Å². The van der Waals surface area contributed by atoms with E-state index >= 15 is 0 Å². The second-order valence-corrected chi connectivity index (χ2v) is 5.44. The molecule has 0 spiro atoms. The third-order valence-electron chi connectivity index (χ3n) is 3.96. The zero-order chi connectivity index (χ0) is 14.4. The molecule has 0 saturated carbocycles. The van der Waals surface area contributed by atoms with Gasteiger partial charge >= 0.3 is 0 Å². The zero-order valence-corrected chi connectivity index (χ0v) is 12.5. The minimum Gasteiger partial charge on any atom is -0.271 e. The SMILES string of the molecule is CCCC(CCC)C(NN)c1ccc2cccnc2c1. The van der Waals surface area contributed by atoms with Crippen LogP contribution in [0.15, 0.2) is 36.5 Å². The summed E-state index contributed by atoms with van der Waals surface area (Å²) in [5.74, 6) is 6.42. The summed E-state index contributed by atoms with van der Waals surface area (Å²) in [6, 6.07) is 10.7. The summed E-state index contributed by atoms with van der Waals surface area (Å²) < 4.78 is 0. The first kappa shape index (κ1) is 14.9.